The highest BCUT2D eigenvalue weighted by Gasteiger charge is 2.39. The fourth-order valence-corrected chi connectivity index (χ4v) is 2.69. The molecule has 1 unspecified atom stereocenters. The summed E-state index contributed by atoms with van der Waals surface area (Å²) in [5.41, 5.74) is -0.432. The van der Waals surface area contributed by atoms with E-state index in [1.807, 2.05) is 0 Å². The van der Waals surface area contributed by atoms with Gasteiger partial charge in [0.1, 0.15) is 0 Å². The number of halogens is 3. The van der Waals surface area contributed by atoms with Crippen molar-refractivity contribution in [2.24, 2.45) is 0 Å². The van der Waals surface area contributed by atoms with E-state index in [0.717, 1.165) is 25.5 Å². The van der Waals surface area contributed by atoms with E-state index in [-0.39, 0.29) is 24.1 Å². The molecule has 1 N–H and O–H groups in total. The number of rotatable bonds is 1. The molecule has 0 amide bonds. The van der Waals surface area contributed by atoms with Crippen LogP contribution in [0.2, 0.25) is 0 Å². The zero-order chi connectivity index (χ0) is 13.5. The van der Waals surface area contributed by atoms with Crippen LogP contribution in [0.1, 0.15) is 36.4 Å². The number of ether oxygens (including phenoxy) is 2. The molecule has 19 heavy (non-hydrogen) atoms. The van der Waals surface area contributed by atoms with Gasteiger partial charge in [-0.3, -0.25) is 0 Å². The van der Waals surface area contributed by atoms with Gasteiger partial charge < -0.3 is 14.8 Å². The van der Waals surface area contributed by atoms with E-state index in [1.54, 1.807) is 0 Å². The maximum absolute atomic E-state index is 13.1. The molecule has 0 radical (unpaired) electrons. The largest absolute Gasteiger partial charge is 0.454 e. The second-order valence-corrected chi connectivity index (χ2v) is 4.76. The van der Waals surface area contributed by atoms with Crippen LogP contribution in [0.5, 0.6) is 11.5 Å². The molecule has 1 fully saturated rings. The van der Waals surface area contributed by atoms with Crippen molar-refractivity contribution in [1.82, 2.24) is 5.32 Å². The second-order valence-electron chi connectivity index (χ2n) is 4.76. The maximum Gasteiger partial charge on any atom is 0.416 e. The highest BCUT2D eigenvalue weighted by Crippen LogP contribution is 2.47. The minimum absolute atomic E-state index is 0.0175. The monoisotopic (exact) mass is 273 g/mol. The molecule has 2 heterocycles. The third kappa shape index (κ3) is 2.25. The van der Waals surface area contributed by atoms with Crippen molar-refractivity contribution in [3.8, 4) is 11.5 Å². The molecule has 104 valence electrons. The summed E-state index contributed by atoms with van der Waals surface area (Å²) < 4.78 is 49.9. The normalized spacial score (nSPS) is 22.6. The van der Waals surface area contributed by atoms with Gasteiger partial charge in [0.25, 0.3) is 0 Å². The standard InChI is InChI=1S/C13H14F3NO2/c14-13(15,16)8-4-5-10-12(19-7-18-10)11(8)9-3-1-2-6-17-9/h4-5,9,17H,1-3,6-7H2. The number of nitrogens with one attached hydrogen (secondary N) is 1. The molecule has 0 aromatic heterocycles. The van der Waals surface area contributed by atoms with Crippen molar-refractivity contribution in [3.63, 3.8) is 0 Å². The summed E-state index contributed by atoms with van der Waals surface area (Å²) in [6.45, 7) is 0.711. The van der Waals surface area contributed by atoms with Gasteiger partial charge in [-0.25, -0.2) is 0 Å². The third-order valence-electron chi connectivity index (χ3n) is 3.54. The molecule has 6 heteroatoms. The molecule has 1 saturated heterocycles. The molecule has 0 bridgehead atoms. The van der Waals surface area contributed by atoms with Gasteiger partial charge in [0, 0.05) is 11.6 Å². The average Bonchev–Trinajstić information content (AvgIpc) is 2.85. The number of fused-ring (bicyclic) bond motifs is 1. The lowest BCUT2D eigenvalue weighted by Crippen LogP contribution is -2.29. The predicted molar refractivity (Wildman–Crippen MR) is 62.2 cm³/mol. The van der Waals surface area contributed by atoms with E-state index < -0.39 is 11.7 Å². The Bertz CT molecular complexity index is 482. The summed E-state index contributed by atoms with van der Waals surface area (Å²) >= 11 is 0. The van der Waals surface area contributed by atoms with Crippen LogP contribution in [-0.2, 0) is 6.18 Å². The van der Waals surface area contributed by atoms with Crippen LogP contribution in [0.4, 0.5) is 13.2 Å². The lowest BCUT2D eigenvalue weighted by molar-refractivity contribution is -0.138. The van der Waals surface area contributed by atoms with Gasteiger partial charge in [-0.2, -0.15) is 13.2 Å². The minimum atomic E-state index is -4.38. The van der Waals surface area contributed by atoms with Crippen LogP contribution in [0.25, 0.3) is 0 Å². The Labute approximate surface area is 108 Å². The molecule has 3 nitrogen and oxygen atoms in total. The van der Waals surface area contributed by atoms with Gasteiger partial charge in [0.05, 0.1) is 5.56 Å². The number of benzene rings is 1. The Kier molecular flexibility index (Phi) is 3.05. The van der Waals surface area contributed by atoms with Crippen molar-refractivity contribution in [3.05, 3.63) is 23.3 Å². The molecule has 1 aromatic carbocycles. The van der Waals surface area contributed by atoms with Crippen molar-refractivity contribution >= 4 is 0 Å². The van der Waals surface area contributed by atoms with E-state index in [1.165, 1.54) is 6.07 Å². The quantitative estimate of drug-likeness (QED) is 0.852. The predicted octanol–water partition coefficient (Wildman–Crippen LogP) is 3.25. The van der Waals surface area contributed by atoms with E-state index >= 15 is 0 Å². The van der Waals surface area contributed by atoms with Crippen molar-refractivity contribution in [2.75, 3.05) is 13.3 Å². The first-order valence-corrected chi connectivity index (χ1v) is 6.30. The SMILES string of the molecule is FC(F)(F)c1ccc2c(c1C1CCCCN1)OCO2. The molecule has 0 saturated carbocycles. The smallest absolute Gasteiger partial charge is 0.416 e. The van der Waals surface area contributed by atoms with Crippen LogP contribution in [-0.4, -0.2) is 13.3 Å². The highest BCUT2D eigenvalue weighted by molar-refractivity contribution is 5.54. The van der Waals surface area contributed by atoms with Crippen molar-refractivity contribution in [2.45, 2.75) is 31.5 Å². The maximum atomic E-state index is 13.1. The lowest BCUT2D eigenvalue weighted by Gasteiger charge is -2.27. The molecule has 1 atom stereocenters. The Morgan fingerprint density at radius 1 is 1.16 bits per heavy atom. The van der Waals surface area contributed by atoms with Crippen LogP contribution in [0, 0.1) is 0 Å². The fraction of sp³-hybridized carbons (Fsp3) is 0.538. The third-order valence-corrected chi connectivity index (χ3v) is 3.54. The summed E-state index contributed by atoms with van der Waals surface area (Å²) in [6, 6.07) is 2.10. The molecular weight excluding hydrogens is 259 g/mol. The van der Waals surface area contributed by atoms with Gasteiger partial charge in [-0.1, -0.05) is 6.42 Å². The Morgan fingerprint density at radius 2 is 2.00 bits per heavy atom. The number of hydrogen-bond donors (Lipinski definition) is 1. The topological polar surface area (TPSA) is 30.5 Å². The number of piperidine rings is 1. The van der Waals surface area contributed by atoms with Gasteiger partial charge in [-0.15, -0.1) is 0 Å². The Morgan fingerprint density at radius 3 is 2.68 bits per heavy atom. The molecule has 0 spiro atoms. The summed E-state index contributed by atoms with van der Waals surface area (Å²) in [7, 11) is 0. The van der Waals surface area contributed by atoms with Crippen LogP contribution < -0.4 is 14.8 Å². The lowest BCUT2D eigenvalue weighted by atomic mass is 9.92. The zero-order valence-electron chi connectivity index (χ0n) is 10.2. The van der Waals surface area contributed by atoms with Crippen LogP contribution in [0.3, 0.4) is 0 Å². The van der Waals surface area contributed by atoms with Gasteiger partial charge in [0.2, 0.25) is 6.79 Å². The van der Waals surface area contributed by atoms with Crippen molar-refractivity contribution < 1.29 is 22.6 Å². The first kappa shape index (κ1) is 12.6. The minimum Gasteiger partial charge on any atom is -0.454 e. The average molecular weight is 273 g/mol. The summed E-state index contributed by atoms with van der Waals surface area (Å²) in [5, 5.41) is 3.14. The molecule has 2 aliphatic heterocycles. The van der Waals surface area contributed by atoms with Gasteiger partial charge in [0.15, 0.2) is 11.5 Å². The van der Waals surface area contributed by atoms with Crippen LogP contribution in [0.15, 0.2) is 12.1 Å². The Hall–Kier alpha value is -1.43. The summed E-state index contributed by atoms with van der Waals surface area (Å²) in [6.07, 6.45) is -1.79. The number of alkyl halides is 3. The Balaban J connectivity index is 2.10. The van der Waals surface area contributed by atoms with E-state index in [4.69, 9.17) is 9.47 Å². The fourth-order valence-electron chi connectivity index (χ4n) is 2.69. The van der Waals surface area contributed by atoms with E-state index in [2.05, 4.69) is 5.32 Å². The molecule has 2 aliphatic rings. The summed E-state index contributed by atoms with van der Waals surface area (Å²) in [4.78, 5) is 0. The molecule has 1 aromatic rings. The first-order chi connectivity index (χ1) is 9.07. The van der Waals surface area contributed by atoms with Gasteiger partial charge >= 0.3 is 6.18 Å². The molecular formula is C13H14F3NO2. The van der Waals surface area contributed by atoms with Crippen molar-refractivity contribution in [1.29, 1.82) is 0 Å². The molecule has 0 aliphatic carbocycles. The molecule has 3 rings (SSSR count). The summed E-state index contributed by atoms with van der Waals surface area (Å²) in [5.74, 6) is 0.643. The number of hydrogen-bond acceptors (Lipinski definition) is 3. The van der Waals surface area contributed by atoms with E-state index in [0.29, 0.717) is 12.2 Å². The second kappa shape index (κ2) is 4.59. The van der Waals surface area contributed by atoms with Crippen LogP contribution >= 0.6 is 0 Å². The zero-order valence-corrected chi connectivity index (χ0v) is 10.2. The first-order valence-electron chi connectivity index (χ1n) is 6.30. The van der Waals surface area contributed by atoms with Gasteiger partial charge in [-0.05, 0) is 31.5 Å². The van der Waals surface area contributed by atoms with E-state index in [9.17, 15) is 13.2 Å². The highest BCUT2D eigenvalue weighted by atomic mass is 19.4.